The summed E-state index contributed by atoms with van der Waals surface area (Å²) in [6.07, 6.45) is -1.02. The van der Waals surface area contributed by atoms with E-state index in [4.69, 9.17) is 16.7 Å². The zero-order valence-corrected chi connectivity index (χ0v) is 10.6. The number of ketones is 1. The lowest BCUT2D eigenvalue weighted by molar-refractivity contribution is 0.0941. The summed E-state index contributed by atoms with van der Waals surface area (Å²) in [6, 6.07) is 5.27. The Morgan fingerprint density at radius 1 is 1.45 bits per heavy atom. The quantitative estimate of drug-likeness (QED) is 0.603. The van der Waals surface area contributed by atoms with E-state index in [2.05, 4.69) is 4.74 Å². The van der Waals surface area contributed by atoms with Crippen LogP contribution in [0.5, 0.6) is 0 Å². The van der Waals surface area contributed by atoms with Gasteiger partial charge in [0.1, 0.15) is 11.9 Å². The minimum atomic E-state index is -0.971. The Morgan fingerprint density at radius 2 is 2.15 bits per heavy atom. The Labute approximate surface area is 115 Å². The Morgan fingerprint density at radius 3 is 2.75 bits per heavy atom. The number of nitrogens with zero attached hydrogens (tertiary/aromatic N) is 1. The van der Waals surface area contributed by atoms with Crippen molar-refractivity contribution in [1.82, 2.24) is 0 Å². The Balaban J connectivity index is 2.52. The van der Waals surface area contributed by atoms with Crippen LogP contribution >= 0.6 is 0 Å². The molecule has 0 radical (unpaired) electrons. The second-order valence-corrected chi connectivity index (χ2v) is 4.10. The van der Waals surface area contributed by atoms with Crippen molar-refractivity contribution in [2.75, 3.05) is 0 Å². The van der Waals surface area contributed by atoms with Gasteiger partial charge < -0.3 is 10.5 Å². The molecule has 0 spiro atoms. The predicted octanol–water partition coefficient (Wildman–Crippen LogP) is 1.43. The normalized spacial score (nSPS) is 11.4. The van der Waals surface area contributed by atoms with Gasteiger partial charge in [0.2, 0.25) is 0 Å². The molecule has 0 saturated carbocycles. The summed E-state index contributed by atoms with van der Waals surface area (Å²) in [5.41, 5.74) is 10.3. The maximum Gasteiger partial charge on any atom is 0.406 e. The van der Waals surface area contributed by atoms with Gasteiger partial charge in [-0.05, 0) is 31.0 Å². The number of Topliss-reactive ketones (excluding diaryl/α,β-unsaturated/α-hetero) is 1. The molecule has 0 aliphatic rings. The van der Waals surface area contributed by atoms with Crippen LogP contribution in [-0.2, 0) is 4.74 Å². The minimum absolute atomic E-state index is 0.145. The molecule has 0 aromatic heterocycles. The van der Waals surface area contributed by atoms with Gasteiger partial charge in [0.15, 0.2) is 12.0 Å². The van der Waals surface area contributed by atoms with Crippen LogP contribution in [-0.4, -0.2) is 18.1 Å². The summed E-state index contributed by atoms with van der Waals surface area (Å²) < 4.78 is 17.6. The van der Waals surface area contributed by atoms with Crippen molar-refractivity contribution in [3.8, 4) is 6.07 Å². The van der Waals surface area contributed by atoms with E-state index in [1.807, 2.05) is 0 Å². The smallest absolute Gasteiger partial charge is 0.406 e. The van der Waals surface area contributed by atoms with Gasteiger partial charge in [0.05, 0.1) is 5.56 Å². The van der Waals surface area contributed by atoms with Crippen molar-refractivity contribution in [1.29, 1.82) is 5.26 Å². The summed E-state index contributed by atoms with van der Waals surface area (Å²) in [6.45, 7) is 0. The molecule has 106 valence electrons. The number of halogens is 1. The molecule has 1 aromatic rings. The molecule has 6 nitrogen and oxygen atoms in total. The Kier molecular flexibility index (Phi) is 5.62. The average molecular weight is 279 g/mol. The number of nitriles is 1. The maximum absolute atomic E-state index is 13.1. The fraction of sp³-hybridized carbons (Fsp3) is 0.308. The van der Waals surface area contributed by atoms with E-state index < -0.39 is 18.1 Å². The van der Waals surface area contributed by atoms with Crippen LogP contribution in [0.15, 0.2) is 18.2 Å². The molecular formula is C13H14FN3O3. The molecule has 1 atom stereocenters. The molecule has 1 amide bonds. The highest BCUT2D eigenvalue weighted by atomic mass is 19.1. The Bertz CT molecular complexity index is 554. The van der Waals surface area contributed by atoms with Crippen molar-refractivity contribution in [2.24, 2.45) is 11.5 Å². The number of carbonyl (C=O) groups is 2. The lowest BCUT2D eigenvalue weighted by Crippen LogP contribution is -2.30. The first-order chi connectivity index (χ1) is 9.43. The summed E-state index contributed by atoms with van der Waals surface area (Å²) in [7, 11) is 0. The van der Waals surface area contributed by atoms with Gasteiger partial charge in [-0.3, -0.25) is 10.5 Å². The SMILES string of the molecule is N#Cc1cc(C(=O)CCCC(N)OC(N)=O)ccc1F. The third kappa shape index (κ3) is 4.66. The van der Waals surface area contributed by atoms with E-state index >= 15 is 0 Å². The van der Waals surface area contributed by atoms with Crippen LogP contribution < -0.4 is 11.5 Å². The van der Waals surface area contributed by atoms with Crippen molar-refractivity contribution < 1.29 is 18.7 Å². The fourth-order valence-corrected chi connectivity index (χ4v) is 1.60. The summed E-state index contributed by atoms with van der Waals surface area (Å²) in [4.78, 5) is 22.2. The molecule has 0 heterocycles. The highest BCUT2D eigenvalue weighted by Gasteiger charge is 2.11. The highest BCUT2D eigenvalue weighted by molar-refractivity contribution is 5.96. The molecule has 0 aliphatic carbocycles. The molecule has 20 heavy (non-hydrogen) atoms. The third-order valence-electron chi connectivity index (χ3n) is 2.57. The topological polar surface area (TPSA) is 119 Å². The van der Waals surface area contributed by atoms with Gasteiger partial charge in [-0.2, -0.15) is 5.26 Å². The summed E-state index contributed by atoms with van der Waals surface area (Å²) >= 11 is 0. The molecule has 4 N–H and O–H groups in total. The highest BCUT2D eigenvalue weighted by Crippen LogP contribution is 2.13. The van der Waals surface area contributed by atoms with Crippen LogP contribution in [0.1, 0.15) is 35.2 Å². The van der Waals surface area contributed by atoms with Crippen LogP contribution in [0.3, 0.4) is 0 Å². The van der Waals surface area contributed by atoms with Gasteiger partial charge in [-0.15, -0.1) is 0 Å². The largest absolute Gasteiger partial charge is 0.431 e. The zero-order chi connectivity index (χ0) is 15.1. The number of hydrogen-bond acceptors (Lipinski definition) is 5. The maximum atomic E-state index is 13.1. The molecule has 0 fully saturated rings. The molecule has 7 heteroatoms. The van der Waals surface area contributed by atoms with Crippen molar-refractivity contribution in [3.05, 3.63) is 35.1 Å². The minimum Gasteiger partial charge on any atom is -0.431 e. The van der Waals surface area contributed by atoms with Crippen LogP contribution in [0.2, 0.25) is 0 Å². The van der Waals surface area contributed by atoms with Gasteiger partial charge in [-0.1, -0.05) is 0 Å². The van der Waals surface area contributed by atoms with Crippen molar-refractivity contribution in [3.63, 3.8) is 0 Å². The van der Waals surface area contributed by atoms with Gasteiger partial charge in [0, 0.05) is 12.0 Å². The fourth-order valence-electron chi connectivity index (χ4n) is 1.60. The zero-order valence-electron chi connectivity index (χ0n) is 10.6. The number of primary amides is 1. The van der Waals surface area contributed by atoms with Crippen LogP contribution in [0, 0.1) is 17.1 Å². The number of carbonyl (C=O) groups excluding carboxylic acids is 2. The number of ether oxygens (including phenoxy) is 1. The van der Waals surface area contributed by atoms with Gasteiger partial charge >= 0.3 is 6.09 Å². The van der Waals surface area contributed by atoms with Crippen LogP contribution in [0.4, 0.5) is 9.18 Å². The van der Waals surface area contributed by atoms with Gasteiger partial charge in [0.25, 0.3) is 0 Å². The first kappa shape index (κ1) is 15.6. The van der Waals surface area contributed by atoms with Crippen molar-refractivity contribution in [2.45, 2.75) is 25.5 Å². The monoisotopic (exact) mass is 279 g/mol. The molecule has 0 bridgehead atoms. The lowest BCUT2D eigenvalue weighted by Gasteiger charge is -2.10. The van der Waals surface area contributed by atoms with Gasteiger partial charge in [-0.25, -0.2) is 9.18 Å². The standard InChI is InChI=1S/C13H14FN3O3/c14-10-5-4-8(6-9(10)7-15)11(18)2-1-3-12(16)20-13(17)19/h4-6,12H,1-3,16H2,(H2,17,19). The molecule has 1 rings (SSSR count). The lowest BCUT2D eigenvalue weighted by atomic mass is 10.0. The number of rotatable bonds is 6. The number of nitrogens with two attached hydrogens (primary N) is 2. The van der Waals surface area contributed by atoms with Crippen LogP contribution in [0.25, 0.3) is 0 Å². The summed E-state index contributed by atoms with van der Waals surface area (Å²) in [5, 5.41) is 8.68. The first-order valence-corrected chi connectivity index (χ1v) is 5.88. The second-order valence-electron chi connectivity index (χ2n) is 4.10. The van der Waals surface area contributed by atoms with E-state index in [9.17, 15) is 14.0 Å². The number of hydrogen-bond donors (Lipinski definition) is 2. The average Bonchev–Trinajstić information content (AvgIpc) is 2.38. The van der Waals surface area contributed by atoms with E-state index in [-0.39, 0.29) is 29.8 Å². The number of amides is 1. The Hall–Kier alpha value is -2.46. The first-order valence-electron chi connectivity index (χ1n) is 5.88. The van der Waals surface area contributed by atoms with E-state index in [0.717, 1.165) is 6.07 Å². The van der Waals surface area contributed by atoms with E-state index in [1.165, 1.54) is 12.1 Å². The van der Waals surface area contributed by atoms with E-state index in [0.29, 0.717) is 6.42 Å². The molecule has 0 aliphatic heterocycles. The predicted molar refractivity (Wildman–Crippen MR) is 67.9 cm³/mol. The van der Waals surface area contributed by atoms with E-state index in [1.54, 1.807) is 6.07 Å². The number of benzene rings is 1. The third-order valence-corrected chi connectivity index (χ3v) is 2.57. The summed E-state index contributed by atoms with van der Waals surface area (Å²) in [5.74, 6) is -0.909. The van der Waals surface area contributed by atoms with Crippen molar-refractivity contribution >= 4 is 11.9 Å². The molecule has 1 aromatic carbocycles. The molecule has 0 saturated heterocycles. The second kappa shape index (κ2) is 7.21. The molecular weight excluding hydrogens is 265 g/mol. The molecule has 1 unspecified atom stereocenters.